The van der Waals surface area contributed by atoms with Gasteiger partial charge in [-0.3, -0.25) is 4.31 Å². The Labute approximate surface area is 164 Å². The minimum atomic E-state index is -3.33. The largest absolute Gasteiger partial charge is 0.474 e. The maximum Gasteiger partial charge on any atom is 0.317 e. The van der Waals surface area contributed by atoms with Gasteiger partial charge in [-0.05, 0) is 18.2 Å². The first-order valence-electron chi connectivity index (χ1n) is 8.94. The normalized spacial score (nSPS) is 15.3. The fraction of sp³-hybridized carbons (Fsp3) is 0.444. The number of nitrogens with zero attached hydrogens (tertiary/aromatic N) is 3. The predicted molar refractivity (Wildman–Crippen MR) is 104 cm³/mol. The highest BCUT2D eigenvalue weighted by Crippen LogP contribution is 2.21. The number of furan rings is 1. The summed E-state index contributed by atoms with van der Waals surface area (Å²) in [4.78, 5) is 18.1. The lowest BCUT2D eigenvalue weighted by atomic mass is 10.1. The summed E-state index contributed by atoms with van der Waals surface area (Å²) in [5, 5.41) is 2.83. The highest BCUT2D eigenvalue weighted by Gasteiger charge is 2.24. The molecule has 1 saturated heterocycles. The molecule has 2 aromatic rings. The first-order valence-corrected chi connectivity index (χ1v) is 10.8. The Balaban J connectivity index is 1.45. The fourth-order valence-electron chi connectivity index (χ4n) is 2.86. The highest BCUT2D eigenvalue weighted by atomic mass is 32.2. The third kappa shape index (κ3) is 5.16. The van der Waals surface area contributed by atoms with Crippen LogP contribution in [0.4, 0.5) is 10.5 Å². The molecule has 0 unspecified atom stereocenters. The minimum Gasteiger partial charge on any atom is -0.474 e. The van der Waals surface area contributed by atoms with Gasteiger partial charge in [0.15, 0.2) is 0 Å². The predicted octanol–water partition coefficient (Wildman–Crippen LogP) is 1.82. The lowest BCUT2D eigenvalue weighted by Crippen LogP contribution is -2.46. The van der Waals surface area contributed by atoms with Gasteiger partial charge in [0.2, 0.25) is 15.9 Å². The third-order valence-electron chi connectivity index (χ3n) is 4.59. The summed E-state index contributed by atoms with van der Waals surface area (Å²) in [5.74, 6) is 1.15. The van der Waals surface area contributed by atoms with E-state index in [2.05, 4.69) is 10.3 Å². The number of pyridine rings is 1. The maximum absolute atomic E-state index is 12.2. The number of aromatic nitrogens is 1. The number of nitrogens with one attached hydrogen (secondary N) is 1. The number of ether oxygens (including phenoxy) is 1. The smallest absolute Gasteiger partial charge is 0.317 e. The Morgan fingerprint density at radius 2 is 2.11 bits per heavy atom. The number of sulfonamides is 1. The van der Waals surface area contributed by atoms with E-state index in [9.17, 15) is 13.2 Å². The van der Waals surface area contributed by atoms with E-state index in [4.69, 9.17) is 9.15 Å². The van der Waals surface area contributed by atoms with Crippen molar-refractivity contribution in [3.8, 4) is 5.88 Å². The van der Waals surface area contributed by atoms with Crippen molar-refractivity contribution in [1.29, 1.82) is 0 Å². The number of carbonyl (C=O) groups excluding carboxylic acids is 1. The van der Waals surface area contributed by atoms with Crippen LogP contribution in [0.1, 0.15) is 18.6 Å². The van der Waals surface area contributed by atoms with Crippen LogP contribution >= 0.6 is 0 Å². The second-order valence-corrected chi connectivity index (χ2v) is 8.64. The van der Waals surface area contributed by atoms with Crippen molar-refractivity contribution in [3.05, 3.63) is 42.5 Å². The van der Waals surface area contributed by atoms with Crippen LogP contribution in [0, 0.1) is 0 Å². The summed E-state index contributed by atoms with van der Waals surface area (Å²) in [5.41, 5.74) is 0.470. The third-order valence-corrected chi connectivity index (χ3v) is 5.80. The summed E-state index contributed by atoms with van der Waals surface area (Å²) in [7, 11) is -1.85. The van der Waals surface area contributed by atoms with E-state index < -0.39 is 10.0 Å². The van der Waals surface area contributed by atoms with Gasteiger partial charge in [-0.25, -0.2) is 18.2 Å². The molecule has 28 heavy (non-hydrogen) atoms. The van der Waals surface area contributed by atoms with E-state index in [0.29, 0.717) is 49.8 Å². The zero-order valence-electron chi connectivity index (χ0n) is 15.9. The van der Waals surface area contributed by atoms with Crippen molar-refractivity contribution < 1.29 is 22.4 Å². The van der Waals surface area contributed by atoms with Crippen LogP contribution < -0.4 is 14.4 Å². The van der Waals surface area contributed by atoms with Gasteiger partial charge in [0.1, 0.15) is 11.9 Å². The first-order chi connectivity index (χ1) is 13.3. The summed E-state index contributed by atoms with van der Waals surface area (Å²) in [6.07, 6.45) is 5.52. The molecule has 0 spiro atoms. The molecule has 3 heterocycles. The topological polar surface area (TPSA) is 105 Å². The number of anilines is 1. The minimum absolute atomic E-state index is 0.0416. The van der Waals surface area contributed by atoms with Crippen molar-refractivity contribution in [2.75, 3.05) is 30.7 Å². The van der Waals surface area contributed by atoms with Crippen molar-refractivity contribution in [2.45, 2.75) is 25.5 Å². The van der Waals surface area contributed by atoms with Crippen LogP contribution in [0.3, 0.4) is 0 Å². The molecule has 3 rings (SSSR count). The maximum atomic E-state index is 12.2. The number of hydrogen-bond donors (Lipinski definition) is 1. The summed E-state index contributed by atoms with van der Waals surface area (Å²) in [6.45, 7) is 1.54. The van der Waals surface area contributed by atoms with Gasteiger partial charge in [0.05, 0.1) is 30.9 Å². The number of urea groups is 1. The summed E-state index contributed by atoms with van der Waals surface area (Å²) >= 11 is 0. The van der Waals surface area contributed by atoms with Gasteiger partial charge in [-0.1, -0.05) is 0 Å². The first kappa shape index (κ1) is 20.0. The lowest BCUT2D eigenvalue weighted by molar-refractivity contribution is 0.107. The van der Waals surface area contributed by atoms with E-state index >= 15 is 0 Å². The number of rotatable bonds is 6. The van der Waals surface area contributed by atoms with Gasteiger partial charge in [0, 0.05) is 39.0 Å². The number of amides is 2. The molecule has 1 N–H and O–H groups in total. The quantitative estimate of drug-likeness (QED) is 0.782. The molecule has 2 aromatic heterocycles. The van der Waals surface area contributed by atoms with Crippen molar-refractivity contribution in [3.63, 3.8) is 0 Å². The molecule has 0 atom stereocenters. The second-order valence-electron chi connectivity index (χ2n) is 6.63. The molecule has 1 aliphatic rings. The molecule has 2 amide bonds. The molecule has 1 fully saturated rings. The van der Waals surface area contributed by atoms with Gasteiger partial charge in [-0.2, -0.15) is 0 Å². The van der Waals surface area contributed by atoms with E-state index in [1.54, 1.807) is 29.4 Å². The molecule has 152 valence electrons. The van der Waals surface area contributed by atoms with E-state index in [-0.39, 0.29) is 12.1 Å². The Bertz CT molecular complexity index is 875. The number of piperidine rings is 1. The van der Waals surface area contributed by atoms with Crippen LogP contribution in [-0.2, 0) is 16.6 Å². The molecule has 0 aromatic carbocycles. The van der Waals surface area contributed by atoms with Crippen molar-refractivity contribution in [2.24, 2.45) is 0 Å². The average Bonchev–Trinajstić information content (AvgIpc) is 3.20. The molecule has 10 heteroatoms. The Hall–Kier alpha value is -2.75. The van der Waals surface area contributed by atoms with Crippen LogP contribution in [-0.4, -0.2) is 56.8 Å². The highest BCUT2D eigenvalue weighted by molar-refractivity contribution is 7.92. The average molecular weight is 408 g/mol. The molecular weight excluding hydrogens is 384 g/mol. The summed E-state index contributed by atoms with van der Waals surface area (Å²) in [6, 6.07) is 6.78. The monoisotopic (exact) mass is 408 g/mol. The van der Waals surface area contributed by atoms with Gasteiger partial charge in [-0.15, -0.1) is 0 Å². The van der Waals surface area contributed by atoms with Crippen LogP contribution in [0.25, 0.3) is 0 Å². The fourth-order valence-corrected chi connectivity index (χ4v) is 3.35. The summed E-state index contributed by atoms with van der Waals surface area (Å²) < 4.78 is 35.3. The van der Waals surface area contributed by atoms with Crippen LogP contribution in [0.2, 0.25) is 0 Å². The number of hydrogen-bond acceptors (Lipinski definition) is 6. The standard InChI is InChI=1S/C18H24N4O5S/c1-21(28(2,24)25)14-5-6-17(19-12-14)27-15-7-9-22(10-8-15)18(23)20-13-16-4-3-11-26-16/h3-6,11-12,15H,7-10,13H2,1-2H3,(H,20,23). The number of carbonyl (C=O) groups is 1. The Morgan fingerprint density at radius 3 is 2.68 bits per heavy atom. The zero-order valence-corrected chi connectivity index (χ0v) is 16.7. The molecule has 9 nitrogen and oxygen atoms in total. The Morgan fingerprint density at radius 1 is 1.36 bits per heavy atom. The van der Waals surface area contributed by atoms with Crippen molar-refractivity contribution >= 4 is 21.7 Å². The second kappa shape index (κ2) is 8.51. The van der Waals surface area contributed by atoms with Gasteiger partial charge in [0.25, 0.3) is 0 Å². The van der Waals surface area contributed by atoms with Crippen LogP contribution in [0.5, 0.6) is 5.88 Å². The molecule has 0 saturated carbocycles. The molecule has 0 aliphatic carbocycles. The van der Waals surface area contributed by atoms with Gasteiger partial charge < -0.3 is 19.4 Å². The van der Waals surface area contributed by atoms with E-state index in [1.165, 1.54) is 13.2 Å². The van der Waals surface area contributed by atoms with Gasteiger partial charge >= 0.3 is 6.03 Å². The molecular formula is C18H24N4O5S. The molecule has 0 bridgehead atoms. The zero-order chi connectivity index (χ0) is 20.1. The number of likely N-dealkylation sites (tertiary alicyclic amines) is 1. The molecule has 1 aliphatic heterocycles. The Kier molecular flexibility index (Phi) is 6.08. The van der Waals surface area contributed by atoms with E-state index in [0.717, 1.165) is 10.6 Å². The lowest BCUT2D eigenvalue weighted by Gasteiger charge is -2.31. The SMILES string of the molecule is CN(c1ccc(OC2CCN(C(=O)NCc3ccco3)CC2)nc1)S(C)(=O)=O. The van der Waals surface area contributed by atoms with E-state index in [1.807, 2.05) is 6.07 Å². The van der Waals surface area contributed by atoms with Crippen LogP contribution in [0.15, 0.2) is 41.1 Å². The van der Waals surface area contributed by atoms with Crippen molar-refractivity contribution in [1.82, 2.24) is 15.2 Å². The molecule has 0 radical (unpaired) electrons.